The van der Waals surface area contributed by atoms with Crippen LogP contribution in [0, 0.1) is 23.6 Å². The zero-order chi connectivity index (χ0) is 27.8. The summed E-state index contributed by atoms with van der Waals surface area (Å²) in [5.74, 6) is -0.655. The van der Waals surface area contributed by atoms with Gasteiger partial charge in [0.1, 0.15) is 5.82 Å². The Kier molecular flexibility index (Phi) is 8.12. The van der Waals surface area contributed by atoms with E-state index in [-0.39, 0.29) is 41.2 Å². The van der Waals surface area contributed by atoms with E-state index in [1.54, 1.807) is 12.1 Å². The SMILES string of the molecule is CCC(C)C(=O)N1C[C@H]2CC[C@H](OCc3cc(C(F)(F)F)cc(C(F)(F)F)c3)[C@@H](c3ccc(F)cc3)[C@@H]2C1. The van der Waals surface area contributed by atoms with Crippen molar-refractivity contribution in [3.63, 3.8) is 0 Å². The van der Waals surface area contributed by atoms with E-state index >= 15 is 0 Å². The molecule has 1 saturated heterocycles. The molecule has 2 fully saturated rings. The Morgan fingerprint density at radius 1 is 0.974 bits per heavy atom. The number of benzene rings is 2. The summed E-state index contributed by atoms with van der Waals surface area (Å²) in [6, 6.07) is 7.34. The maximum absolute atomic E-state index is 13.7. The van der Waals surface area contributed by atoms with Crippen LogP contribution in [0.25, 0.3) is 0 Å². The van der Waals surface area contributed by atoms with E-state index < -0.39 is 42.0 Å². The number of nitrogens with zero attached hydrogens (tertiary/aromatic N) is 1. The van der Waals surface area contributed by atoms with Crippen LogP contribution in [0.3, 0.4) is 0 Å². The Hall–Kier alpha value is -2.62. The van der Waals surface area contributed by atoms with Gasteiger partial charge in [0.25, 0.3) is 0 Å². The van der Waals surface area contributed by atoms with E-state index in [9.17, 15) is 35.5 Å². The average molecular weight is 546 g/mol. The highest BCUT2D eigenvalue weighted by molar-refractivity contribution is 5.78. The van der Waals surface area contributed by atoms with E-state index in [4.69, 9.17) is 4.74 Å². The van der Waals surface area contributed by atoms with Gasteiger partial charge in [0.2, 0.25) is 5.91 Å². The van der Waals surface area contributed by atoms with Crippen LogP contribution in [0.5, 0.6) is 0 Å². The van der Waals surface area contributed by atoms with Gasteiger partial charge in [-0.3, -0.25) is 4.79 Å². The van der Waals surface area contributed by atoms with Crippen LogP contribution in [0.4, 0.5) is 30.7 Å². The van der Waals surface area contributed by atoms with E-state index in [1.165, 1.54) is 12.1 Å². The molecule has 4 rings (SSSR count). The van der Waals surface area contributed by atoms with Crippen molar-refractivity contribution < 1.29 is 40.3 Å². The quantitative estimate of drug-likeness (QED) is 0.353. The van der Waals surface area contributed by atoms with Gasteiger partial charge in [-0.2, -0.15) is 26.3 Å². The fourth-order valence-corrected chi connectivity index (χ4v) is 5.75. The van der Waals surface area contributed by atoms with Gasteiger partial charge < -0.3 is 9.64 Å². The summed E-state index contributed by atoms with van der Waals surface area (Å²) in [4.78, 5) is 14.7. The molecular weight excluding hydrogens is 515 g/mol. The van der Waals surface area contributed by atoms with Gasteiger partial charge in [-0.25, -0.2) is 4.39 Å². The molecule has 1 aliphatic carbocycles. The number of fused-ring (bicyclic) bond motifs is 1. The molecule has 5 atom stereocenters. The van der Waals surface area contributed by atoms with Crippen LogP contribution in [-0.4, -0.2) is 30.0 Å². The number of hydrogen-bond acceptors (Lipinski definition) is 2. The Balaban J connectivity index is 1.60. The molecule has 1 aliphatic heterocycles. The Labute approximate surface area is 217 Å². The first kappa shape index (κ1) is 28.4. The van der Waals surface area contributed by atoms with Gasteiger partial charge in [-0.1, -0.05) is 26.0 Å². The first-order valence-corrected chi connectivity index (χ1v) is 12.7. The summed E-state index contributed by atoms with van der Waals surface area (Å²) in [7, 11) is 0. The molecule has 1 heterocycles. The number of halogens is 7. The lowest BCUT2D eigenvalue weighted by atomic mass is 9.69. The zero-order valence-corrected chi connectivity index (χ0v) is 21.1. The highest BCUT2D eigenvalue weighted by Gasteiger charge is 2.47. The van der Waals surface area contributed by atoms with Crippen molar-refractivity contribution in [2.75, 3.05) is 13.1 Å². The topological polar surface area (TPSA) is 29.5 Å². The van der Waals surface area contributed by atoms with Gasteiger partial charge in [-0.15, -0.1) is 0 Å². The molecular formula is C28H30F7NO2. The zero-order valence-electron chi connectivity index (χ0n) is 21.1. The van der Waals surface area contributed by atoms with Gasteiger partial charge in [0.05, 0.1) is 23.8 Å². The fraction of sp³-hybridized carbons (Fsp3) is 0.536. The maximum Gasteiger partial charge on any atom is 0.416 e. The molecule has 2 aliphatic rings. The van der Waals surface area contributed by atoms with Crippen molar-refractivity contribution in [3.8, 4) is 0 Å². The third-order valence-electron chi connectivity index (χ3n) is 7.89. The van der Waals surface area contributed by atoms with E-state index in [2.05, 4.69) is 0 Å². The summed E-state index contributed by atoms with van der Waals surface area (Å²) in [6.07, 6.45) is -8.49. The predicted molar refractivity (Wildman–Crippen MR) is 126 cm³/mol. The number of alkyl halides is 6. The summed E-state index contributed by atoms with van der Waals surface area (Å²) in [6.45, 7) is 4.42. The second-order valence-corrected chi connectivity index (χ2v) is 10.4. The third kappa shape index (κ3) is 6.16. The molecule has 1 saturated carbocycles. The molecule has 10 heteroatoms. The molecule has 38 heavy (non-hydrogen) atoms. The van der Waals surface area contributed by atoms with Crippen molar-refractivity contribution in [3.05, 3.63) is 70.5 Å². The van der Waals surface area contributed by atoms with Crippen LogP contribution >= 0.6 is 0 Å². The standard InChI is InChI=1S/C28H30F7NO2/c1-3-16(2)26(37)36-13-19-6-9-24(25(23(19)14-36)18-4-7-22(29)8-5-18)38-15-17-10-20(27(30,31)32)12-21(11-17)28(33,34)35/h4-5,7-8,10-12,16,19,23-25H,3,6,9,13-15H2,1-2H3/t16?,19-,23-,24+,25+/m1/s1. The van der Waals surface area contributed by atoms with Gasteiger partial charge >= 0.3 is 12.4 Å². The van der Waals surface area contributed by atoms with Crippen LogP contribution in [0.15, 0.2) is 42.5 Å². The highest BCUT2D eigenvalue weighted by atomic mass is 19.4. The van der Waals surface area contributed by atoms with Crippen molar-refractivity contribution in [1.29, 1.82) is 0 Å². The molecule has 2 aromatic carbocycles. The average Bonchev–Trinajstić information content (AvgIpc) is 3.30. The number of ether oxygens (including phenoxy) is 1. The molecule has 0 spiro atoms. The summed E-state index contributed by atoms with van der Waals surface area (Å²) < 4.78 is 99.6. The summed E-state index contributed by atoms with van der Waals surface area (Å²) in [5, 5.41) is 0. The smallest absolute Gasteiger partial charge is 0.373 e. The number of carbonyl (C=O) groups is 1. The van der Waals surface area contributed by atoms with Crippen LogP contribution in [0.2, 0.25) is 0 Å². The van der Waals surface area contributed by atoms with Crippen LogP contribution in [-0.2, 0) is 28.5 Å². The molecule has 1 amide bonds. The largest absolute Gasteiger partial charge is 0.416 e. The van der Waals surface area contributed by atoms with Gasteiger partial charge in [0.15, 0.2) is 0 Å². The second kappa shape index (κ2) is 10.9. The molecule has 0 aromatic heterocycles. The third-order valence-corrected chi connectivity index (χ3v) is 7.89. The fourth-order valence-electron chi connectivity index (χ4n) is 5.75. The van der Waals surface area contributed by atoms with Crippen molar-refractivity contribution >= 4 is 5.91 Å². The van der Waals surface area contributed by atoms with Gasteiger partial charge in [0, 0.05) is 24.9 Å². The predicted octanol–water partition coefficient (Wildman–Crippen LogP) is 7.45. The van der Waals surface area contributed by atoms with Gasteiger partial charge in [-0.05, 0) is 72.6 Å². The first-order valence-electron chi connectivity index (χ1n) is 12.7. The van der Waals surface area contributed by atoms with Crippen molar-refractivity contribution in [1.82, 2.24) is 4.90 Å². The molecule has 208 valence electrons. The minimum Gasteiger partial charge on any atom is -0.373 e. The lowest BCUT2D eigenvalue weighted by molar-refractivity contribution is -0.143. The summed E-state index contributed by atoms with van der Waals surface area (Å²) >= 11 is 0. The normalized spacial score (nSPS) is 24.8. The lowest BCUT2D eigenvalue weighted by Gasteiger charge is -2.39. The maximum atomic E-state index is 13.7. The van der Waals surface area contributed by atoms with Crippen molar-refractivity contribution in [2.45, 2.75) is 64.1 Å². The minimum atomic E-state index is -4.94. The molecule has 0 N–H and O–H groups in total. The second-order valence-electron chi connectivity index (χ2n) is 10.4. The number of likely N-dealkylation sites (tertiary alicyclic amines) is 1. The Bertz CT molecular complexity index is 1100. The Morgan fingerprint density at radius 2 is 1.58 bits per heavy atom. The lowest BCUT2D eigenvalue weighted by Crippen LogP contribution is -2.38. The first-order chi connectivity index (χ1) is 17.8. The Morgan fingerprint density at radius 3 is 2.13 bits per heavy atom. The van der Waals surface area contributed by atoms with E-state index in [0.717, 1.165) is 5.56 Å². The number of amides is 1. The monoisotopic (exact) mass is 545 g/mol. The van der Waals surface area contributed by atoms with Crippen LogP contribution in [0.1, 0.15) is 61.3 Å². The molecule has 3 nitrogen and oxygen atoms in total. The van der Waals surface area contributed by atoms with Crippen molar-refractivity contribution in [2.24, 2.45) is 17.8 Å². The molecule has 0 radical (unpaired) electrons. The molecule has 1 unspecified atom stereocenters. The van der Waals surface area contributed by atoms with E-state index in [1.807, 2.05) is 18.7 Å². The number of carbonyl (C=O) groups excluding carboxylic acids is 1. The van der Waals surface area contributed by atoms with E-state index in [0.29, 0.717) is 44.5 Å². The minimum absolute atomic E-state index is 0.0283. The molecule has 0 bridgehead atoms. The highest BCUT2D eigenvalue weighted by Crippen LogP contribution is 2.47. The van der Waals surface area contributed by atoms with Crippen LogP contribution < -0.4 is 0 Å². The molecule has 2 aromatic rings. The summed E-state index contributed by atoms with van der Waals surface area (Å²) in [5.41, 5.74) is -2.24. The number of hydrogen-bond donors (Lipinski definition) is 0. The number of rotatable bonds is 6.